The summed E-state index contributed by atoms with van der Waals surface area (Å²) in [4.78, 5) is 11.8. The van der Waals surface area contributed by atoms with Crippen molar-refractivity contribution in [2.24, 2.45) is 5.10 Å². The second-order valence-corrected chi connectivity index (χ2v) is 4.23. The Morgan fingerprint density at radius 3 is 2.76 bits per heavy atom. The van der Waals surface area contributed by atoms with Crippen LogP contribution < -0.4 is 10.2 Å². The van der Waals surface area contributed by atoms with Gasteiger partial charge in [0.1, 0.15) is 0 Å². The number of phenols is 1. The zero-order valence-corrected chi connectivity index (χ0v) is 11.6. The van der Waals surface area contributed by atoms with E-state index in [1.165, 1.54) is 12.3 Å². The number of hydrazone groups is 1. The molecule has 5 nitrogen and oxygen atoms in total. The summed E-state index contributed by atoms with van der Waals surface area (Å²) in [7, 11) is 0. The highest BCUT2D eigenvalue weighted by molar-refractivity contribution is 5.94. The summed E-state index contributed by atoms with van der Waals surface area (Å²) in [5, 5.41) is 13.5. The Morgan fingerprint density at radius 1 is 1.29 bits per heavy atom. The maximum atomic E-state index is 11.8. The molecule has 2 N–H and O–H groups in total. The van der Waals surface area contributed by atoms with Gasteiger partial charge in [0.15, 0.2) is 11.5 Å². The van der Waals surface area contributed by atoms with Crippen molar-refractivity contribution in [1.82, 2.24) is 5.43 Å². The van der Waals surface area contributed by atoms with E-state index >= 15 is 0 Å². The lowest BCUT2D eigenvalue weighted by atomic mass is 10.2. The normalized spacial score (nSPS) is 10.5. The number of phenolic OH excluding ortho intramolecular Hbond substituents is 1. The van der Waals surface area contributed by atoms with Crippen LogP contribution in [0.4, 0.5) is 0 Å². The standard InChI is InChI=1S/C16H16N2O3/c1-2-21-15-10-12(8-9-14(15)19)11-17-18-16(20)13-6-4-3-5-7-13/h3-11,19H,2H2,1H3,(H,18,20). The van der Waals surface area contributed by atoms with Crippen LogP contribution in [0.3, 0.4) is 0 Å². The number of amides is 1. The van der Waals surface area contributed by atoms with E-state index in [9.17, 15) is 9.90 Å². The van der Waals surface area contributed by atoms with Crippen molar-refractivity contribution in [1.29, 1.82) is 0 Å². The molecule has 0 spiro atoms. The molecule has 5 heteroatoms. The predicted octanol–water partition coefficient (Wildman–Crippen LogP) is 2.55. The molecule has 0 aliphatic rings. The van der Waals surface area contributed by atoms with Crippen LogP contribution >= 0.6 is 0 Å². The Kier molecular flexibility index (Phi) is 4.93. The first-order valence-electron chi connectivity index (χ1n) is 6.55. The van der Waals surface area contributed by atoms with Gasteiger partial charge in [-0.15, -0.1) is 0 Å². The molecule has 21 heavy (non-hydrogen) atoms. The van der Waals surface area contributed by atoms with Crippen molar-refractivity contribution in [3.8, 4) is 11.5 Å². The van der Waals surface area contributed by atoms with E-state index < -0.39 is 0 Å². The van der Waals surface area contributed by atoms with Crippen molar-refractivity contribution < 1.29 is 14.6 Å². The van der Waals surface area contributed by atoms with Gasteiger partial charge in [0, 0.05) is 5.56 Å². The van der Waals surface area contributed by atoms with Gasteiger partial charge in [0.25, 0.3) is 5.91 Å². The number of nitrogens with zero attached hydrogens (tertiary/aromatic N) is 1. The number of carbonyl (C=O) groups excluding carboxylic acids is 1. The molecule has 2 rings (SSSR count). The molecular weight excluding hydrogens is 268 g/mol. The average Bonchev–Trinajstić information content (AvgIpc) is 2.51. The maximum Gasteiger partial charge on any atom is 0.271 e. The minimum atomic E-state index is -0.282. The number of hydrogen-bond acceptors (Lipinski definition) is 4. The lowest BCUT2D eigenvalue weighted by molar-refractivity contribution is 0.0955. The Labute approximate surface area is 122 Å². The molecular formula is C16H16N2O3. The van der Waals surface area contributed by atoms with Crippen LogP contribution in [0.1, 0.15) is 22.8 Å². The second-order valence-electron chi connectivity index (χ2n) is 4.23. The monoisotopic (exact) mass is 284 g/mol. The molecule has 108 valence electrons. The smallest absolute Gasteiger partial charge is 0.271 e. The average molecular weight is 284 g/mol. The van der Waals surface area contributed by atoms with Gasteiger partial charge in [-0.05, 0) is 42.8 Å². The fraction of sp³-hybridized carbons (Fsp3) is 0.125. The zero-order valence-electron chi connectivity index (χ0n) is 11.6. The van der Waals surface area contributed by atoms with E-state index in [0.29, 0.717) is 23.5 Å². The third-order valence-electron chi connectivity index (χ3n) is 2.70. The van der Waals surface area contributed by atoms with Gasteiger partial charge >= 0.3 is 0 Å². The fourth-order valence-electron chi connectivity index (χ4n) is 1.70. The summed E-state index contributed by atoms with van der Waals surface area (Å²) in [6.07, 6.45) is 1.49. The first-order valence-corrected chi connectivity index (χ1v) is 6.55. The first kappa shape index (κ1) is 14.6. The lowest BCUT2D eigenvalue weighted by Gasteiger charge is -2.06. The lowest BCUT2D eigenvalue weighted by Crippen LogP contribution is -2.17. The minimum absolute atomic E-state index is 0.0716. The van der Waals surface area contributed by atoms with Gasteiger partial charge < -0.3 is 9.84 Å². The molecule has 0 aliphatic heterocycles. The SMILES string of the molecule is CCOc1cc(C=NNC(=O)c2ccccc2)ccc1O. The number of hydrogen-bond donors (Lipinski definition) is 2. The van der Waals surface area contributed by atoms with Crippen molar-refractivity contribution in [2.45, 2.75) is 6.92 Å². The van der Waals surface area contributed by atoms with Gasteiger partial charge in [0.2, 0.25) is 0 Å². The quantitative estimate of drug-likeness (QED) is 0.654. The number of ether oxygens (including phenoxy) is 1. The molecule has 0 heterocycles. The van der Waals surface area contributed by atoms with Crippen molar-refractivity contribution >= 4 is 12.1 Å². The Morgan fingerprint density at radius 2 is 2.05 bits per heavy atom. The third kappa shape index (κ3) is 4.07. The number of aromatic hydroxyl groups is 1. The van der Waals surface area contributed by atoms with Crippen LogP contribution in [0.5, 0.6) is 11.5 Å². The highest BCUT2D eigenvalue weighted by atomic mass is 16.5. The number of nitrogens with one attached hydrogen (secondary N) is 1. The van der Waals surface area contributed by atoms with Gasteiger partial charge in [0.05, 0.1) is 12.8 Å². The Bertz CT molecular complexity index is 639. The highest BCUT2D eigenvalue weighted by Gasteiger charge is 2.03. The molecule has 0 aliphatic carbocycles. The Balaban J connectivity index is 2.01. The van der Waals surface area contributed by atoms with Crippen LogP contribution in [0.15, 0.2) is 53.6 Å². The number of carbonyl (C=O) groups is 1. The maximum absolute atomic E-state index is 11.8. The topological polar surface area (TPSA) is 70.9 Å². The molecule has 2 aromatic carbocycles. The molecule has 0 fully saturated rings. The predicted molar refractivity (Wildman–Crippen MR) is 80.8 cm³/mol. The zero-order chi connectivity index (χ0) is 15.1. The molecule has 2 aromatic rings. The van der Waals surface area contributed by atoms with Gasteiger partial charge in [-0.3, -0.25) is 4.79 Å². The minimum Gasteiger partial charge on any atom is -0.504 e. The summed E-state index contributed by atoms with van der Waals surface area (Å²) in [6.45, 7) is 2.29. The van der Waals surface area contributed by atoms with E-state index in [4.69, 9.17) is 4.74 Å². The van der Waals surface area contributed by atoms with Crippen molar-refractivity contribution in [3.05, 3.63) is 59.7 Å². The van der Waals surface area contributed by atoms with Gasteiger partial charge in [-0.2, -0.15) is 5.10 Å². The second kappa shape index (κ2) is 7.09. The summed E-state index contributed by atoms with van der Waals surface area (Å²) in [5.74, 6) is 0.175. The van der Waals surface area contributed by atoms with E-state index in [1.54, 1.807) is 36.4 Å². The molecule has 0 aromatic heterocycles. The number of rotatable bonds is 5. The van der Waals surface area contributed by atoms with Crippen molar-refractivity contribution in [2.75, 3.05) is 6.61 Å². The van der Waals surface area contributed by atoms with Crippen LogP contribution in [-0.2, 0) is 0 Å². The molecule has 0 radical (unpaired) electrons. The summed E-state index contributed by atoms with van der Waals surface area (Å²) < 4.78 is 5.28. The molecule has 0 atom stereocenters. The molecule has 1 amide bonds. The summed E-state index contributed by atoms with van der Waals surface area (Å²) >= 11 is 0. The van der Waals surface area contributed by atoms with E-state index in [-0.39, 0.29) is 11.7 Å². The Hall–Kier alpha value is -2.82. The third-order valence-corrected chi connectivity index (χ3v) is 2.70. The van der Waals surface area contributed by atoms with Gasteiger partial charge in [-0.1, -0.05) is 18.2 Å². The van der Waals surface area contributed by atoms with Gasteiger partial charge in [-0.25, -0.2) is 5.43 Å². The van der Waals surface area contributed by atoms with Crippen LogP contribution in [0, 0.1) is 0 Å². The van der Waals surface area contributed by atoms with Crippen LogP contribution in [-0.4, -0.2) is 23.8 Å². The van der Waals surface area contributed by atoms with E-state index in [2.05, 4.69) is 10.5 Å². The van der Waals surface area contributed by atoms with E-state index in [1.807, 2.05) is 13.0 Å². The first-order chi connectivity index (χ1) is 10.2. The highest BCUT2D eigenvalue weighted by Crippen LogP contribution is 2.26. The molecule has 0 unspecified atom stereocenters. The van der Waals surface area contributed by atoms with E-state index in [0.717, 1.165) is 0 Å². The molecule has 0 saturated carbocycles. The number of benzene rings is 2. The molecule has 0 bridgehead atoms. The fourth-order valence-corrected chi connectivity index (χ4v) is 1.70. The van der Waals surface area contributed by atoms with Crippen LogP contribution in [0.2, 0.25) is 0 Å². The summed E-state index contributed by atoms with van der Waals surface area (Å²) in [5.41, 5.74) is 3.69. The van der Waals surface area contributed by atoms with Crippen LogP contribution in [0.25, 0.3) is 0 Å². The van der Waals surface area contributed by atoms with Crippen molar-refractivity contribution in [3.63, 3.8) is 0 Å². The molecule has 0 saturated heterocycles. The largest absolute Gasteiger partial charge is 0.504 e. The summed E-state index contributed by atoms with van der Waals surface area (Å²) in [6, 6.07) is 13.7.